The Balaban J connectivity index is 3.51. The number of nitrogens with one attached hydrogen (secondary N) is 1. The van der Waals surface area contributed by atoms with Gasteiger partial charge in [-0.05, 0) is 77.0 Å². The molecule has 0 aromatic heterocycles. The van der Waals surface area contributed by atoms with Crippen molar-refractivity contribution in [3.05, 3.63) is 36.5 Å². The Bertz CT molecular complexity index is 854. The second-order valence-corrected chi connectivity index (χ2v) is 15.0. The largest absolute Gasteiger partial charge is 0.466 e. The molecule has 0 aliphatic rings. The quantitative estimate of drug-likeness (QED) is 0.0331. The van der Waals surface area contributed by atoms with Crippen LogP contribution in [0.5, 0.6) is 0 Å². The van der Waals surface area contributed by atoms with E-state index >= 15 is 0 Å². The zero-order valence-corrected chi connectivity index (χ0v) is 34.3. The lowest BCUT2D eigenvalue weighted by molar-refractivity contribution is -0.143. The molecule has 52 heavy (non-hydrogen) atoms. The topological polar surface area (TPSA) is 95.9 Å². The summed E-state index contributed by atoms with van der Waals surface area (Å²) >= 11 is 0. The van der Waals surface area contributed by atoms with Gasteiger partial charge in [-0.25, -0.2) is 0 Å². The van der Waals surface area contributed by atoms with Crippen molar-refractivity contribution in [2.24, 2.45) is 0 Å². The van der Waals surface area contributed by atoms with Gasteiger partial charge in [0.1, 0.15) is 0 Å². The minimum Gasteiger partial charge on any atom is -0.466 e. The van der Waals surface area contributed by atoms with Gasteiger partial charge in [0, 0.05) is 12.8 Å². The summed E-state index contributed by atoms with van der Waals surface area (Å²) in [5, 5.41) is 23.0. The van der Waals surface area contributed by atoms with Crippen LogP contribution in [0, 0.1) is 0 Å². The van der Waals surface area contributed by atoms with Crippen molar-refractivity contribution in [3.8, 4) is 0 Å². The van der Waals surface area contributed by atoms with Crippen molar-refractivity contribution >= 4 is 11.9 Å². The number of carbonyl (C=O) groups excluding carboxylic acids is 2. The van der Waals surface area contributed by atoms with Crippen LogP contribution in [0.2, 0.25) is 0 Å². The van der Waals surface area contributed by atoms with E-state index in [4.69, 9.17) is 4.74 Å². The molecule has 0 heterocycles. The Morgan fingerprint density at radius 2 is 1.00 bits per heavy atom. The highest BCUT2D eigenvalue weighted by Crippen LogP contribution is 2.14. The molecule has 0 saturated carbocycles. The summed E-state index contributed by atoms with van der Waals surface area (Å²) in [7, 11) is 0. The number of carbonyl (C=O) groups is 2. The number of esters is 1. The maximum absolute atomic E-state index is 12.3. The molecule has 6 nitrogen and oxygen atoms in total. The van der Waals surface area contributed by atoms with Crippen molar-refractivity contribution in [2.45, 2.75) is 231 Å². The lowest BCUT2D eigenvalue weighted by Gasteiger charge is -2.22. The highest BCUT2D eigenvalue weighted by atomic mass is 16.5. The van der Waals surface area contributed by atoms with E-state index < -0.39 is 12.1 Å². The second-order valence-electron chi connectivity index (χ2n) is 15.0. The monoisotopic (exact) mass is 732 g/mol. The van der Waals surface area contributed by atoms with E-state index in [2.05, 4.69) is 55.6 Å². The predicted octanol–water partition coefficient (Wildman–Crippen LogP) is 12.6. The summed E-state index contributed by atoms with van der Waals surface area (Å²) in [5.74, 6) is -0.0996. The predicted molar refractivity (Wildman–Crippen MR) is 222 cm³/mol. The van der Waals surface area contributed by atoms with Gasteiger partial charge in [-0.15, -0.1) is 0 Å². The first-order valence-electron chi connectivity index (χ1n) is 22.2. The molecular formula is C46H85NO5. The van der Waals surface area contributed by atoms with Crippen molar-refractivity contribution in [2.75, 3.05) is 13.2 Å². The molecule has 0 radical (unpaired) electrons. The van der Waals surface area contributed by atoms with Crippen LogP contribution in [0.3, 0.4) is 0 Å². The summed E-state index contributed by atoms with van der Waals surface area (Å²) in [4.78, 5) is 24.3. The first-order valence-corrected chi connectivity index (χ1v) is 22.2. The third kappa shape index (κ3) is 37.8. The average molecular weight is 732 g/mol. The number of rotatable bonds is 40. The molecule has 0 spiro atoms. The molecular weight excluding hydrogens is 647 g/mol. The molecule has 0 aromatic carbocycles. The summed E-state index contributed by atoms with van der Waals surface area (Å²) in [6.07, 6.45) is 48.2. The number of hydrogen-bond acceptors (Lipinski definition) is 5. The first-order chi connectivity index (χ1) is 25.5. The van der Waals surface area contributed by atoms with Gasteiger partial charge in [0.25, 0.3) is 0 Å². The fourth-order valence-corrected chi connectivity index (χ4v) is 6.43. The lowest BCUT2D eigenvalue weighted by Crippen LogP contribution is -2.45. The van der Waals surface area contributed by atoms with Crippen LogP contribution in [-0.4, -0.2) is 47.4 Å². The summed E-state index contributed by atoms with van der Waals surface area (Å²) in [6.45, 7) is 4.79. The number of allylic oxidation sites excluding steroid dienone is 6. The van der Waals surface area contributed by atoms with Gasteiger partial charge in [0.05, 0.1) is 25.4 Å². The molecule has 0 rings (SSSR count). The van der Waals surface area contributed by atoms with E-state index in [9.17, 15) is 19.8 Å². The van der Waals surface area contributed by atoms with Crippen LogP contribution in [-0.2, 0) is 14.3 Å². The van der Waals surface area contributed by atoms with E-state index in [-0.39, 0.29) is 18.5 Å². The van der Waals surface area contributed by atoms with E-state index in [0.29, 0.717) is 25.9 Å². The normalized spacial score (nSPS) is 13.1. The fraction of sp³-hybridized carbons (Fsp3) is 0.826. The van der Waals surface area contributed by atoms with E-state index in [0.717, 1.165) is 83.5 Å². The zero-order chi connectivity index (χ0) is 38.0. The standard InChI is InChI=1S/C46H85NO5/c1-3-5-7-9-11-13-14-16-20-24-28-32-36-40-46(51)52-41-37-33-29-25-21-18-15-17-19-23-27-31-35-39-45(50)47-43(42-48)44(49)38-34-30-26-22-12-10-8-6-4-2/h7,9,13-14,17,19,43-44,48-49H,3-6,8,10-12,15-16,18,20-42H2,1-2H3,(H,47,50)/b9-7-,14-13-,19-17-. The van der Waals surface area contributed by atoms with Crippen LogP contribution >= 0.6 is 0 Å². The van der Waals surface area contributed by atoms with E-state index in [1.807, 2.05) is 0 Å². The Morgan fingerprint density at radius 3 is 1.58 bits per heavy atom. The zero-order valence-electron chi connectivity index (χ0n) is 34.3. The molecule has 0 aromatic rings. The van der Waals surface area contributed by atoms with Gasteiger partial charge in [0.2, 0.25) is 5.91 Å². The van der Waals surface area contributed by atoms with Crippen molar-refractivity contribution in [1.29, 1.82) is 0 Å². The lowest BCUT2D eigenvalue weighted by atomic mass is 10.0. The summed E-state index contributed by atoms with van der Waals surface area (Å²) in [6, 6.07) is -0.560. The number of amides is 1. The number of ether oxygens (including phenoxy) is 1. The van der Waals surface area contributed by atoms with Crippen LogP contribution in [0.15, 0.2) is 36.5 Å². The number of aliphatic hydroxyl groups is 2. The molecule has 3 N–H and O–H groups in total. The maximum atomic E-state index is 12.3. The fourth-order valence-electron chi connectivity index (χ4n) is 6.43. The van der Waals surface area contributed by atoms with Gasteiger partial charge >= 0.3 is 5.97 Å². The van der Waals surface area contributed by atoms with Crippen LogP contribution < -0.4 is 5.32 Å². The molecule has 0 aliphatic heterocycles. The molecule has 0 fully saturated rings. The molecule has 2 unspecified atom stereocenters. The van der Waals surface area contributed by atoms with Gasteiger partial charge < -0.3 is 20.3 Å². The summed E-state index contributed by atoms with van der Waals surface area (Å²) in [5.41, 5.74) is 0. The minimum atomic E-state index is -0.679. The summed E-state index contributed by atoms with van der Waals surface area (Å²) < 4.78 is 5.43. The molecule has 304 valence electrons. The molecule has 0 saturated heterocycles. The number of unbranched alkanes of at least 4 members (excludes halogenated alkanes) is 23. The third-order valence-corrected chi connectivity index (χ3v) is 9.89. The van der Waals surface area contributed by atoms with Gasteiger partial charge in [-0.2, -0.15) is 0 Å². The number of hydrogen-bond donors (Lipinski definition) is 3. The highest BCUT2D eigenvalue weighted by molar-refractivity contribution is 5.76. The molecule has 0 aliphatic carbocycles. The highest BCUT2D eigenvalue weighted by Gasteiger charge is 2.20. The minimum absolute atomic E-state index is 0.0294. The molecule has 2 atom stereocenters. The molecule has 6 heteroatoms. The maximum Gasteiger partial charge on any atom is 0.305 e. The Morgan fingerprint density at radius 1 is 0.538 bits per heavy atom. The Hall–Kier alpha value is -1.92. The van der Waals surface area contributed by atoms with Gasteiger partial charge in [0.15, 0.2) is 0 Å². The first kappa shape index (κ1) is 50.1. The van der Waals surface area contributed by atoms with Crippen molar-refractivity contribution in [3.63, 3.8) is 0 Å². The number of aliphatic hydroxyl groups excluding tert-OH is 2. The smallest absolute Gasteiger partial charge is 0.305 e. The van der Waals surface area contributed by atoms with E-state index in [1.165, 1.54) is 103 Å². The molecule has 1 amide bonds. The SMILES string of the molecule is CCC/C=C\C/C=C\CCCCCCCC(=O)OCCCCCCCC/C=C\CCCCCC(=O)NC(CO)C(O)CCCCCCCCCCC. The molecule has 0 bridgehead atoms. The van der Waals surface area contributed by atoms with Gasteiger partial charge in [-0.3, -0.25) is 9.59 Å². The van der Waals surface area contributed by atoms with Gasteiger partial charge in [-0.1, -0.05) is 166 Å². The van der Waals surface area contributed by atoms with Crippen molar-refractivity contribution < 1.29 is 24.5 Å². The Labute approximate surface area is 322 Å². The van der Waals surface area contributed by atoms with Crippen LogP contribution in [0.25, 0.3) is 0 Å². The second kappa shape index (κ2) is 41.8. The third-order valence-electron chi connectivity index (χ3n) is 9.89. The average Bonchev–Trinajstić information content (AvgIpc) is 3.14. The van der Waals surface area contributed by atoms with Crippen molar-refractivity contribution in [1.82, 2.24) is 5.32 Å². The van der Waals surface area contributed by atoms with Crippen LogP contribution in [0.4, 0.5) is 0 Å². The van der Waals surface area contributed by atoms with E-state index in [1.54, 1.807) is 0 Å². The Kier molecular flexibility index (Phi) is 40.3. The van der Waals surface area contributed by atoms with Crippen LogP contribution in [0.1, 0.15) is 219 Å².